The minimum atomic E-state index is 0.575. The Kier molecular flexibility index (Phi) is 3.66. The number of aliphatic imine (C=N–C) groups is 2. The zero-order valence-corrected chi connectivity index (χ0v) is 10.2. The topological polar surface area (TPSA) is 76.8 Å². The minimum absolute atomic E-state index is 0.575. The van der Waals surface area contributed by atoms with Crippen LogP contribution in [0.15, 0.2) is 22.1 Å². The highest BCUT2D eigenvalue weighted by Gasteiger charge is 2.04. The van der Waals surface area contributed by atoms with Crippen LogP contribution in [0.25, 0.3) is 0 Å². The molecule has 0 atom stereocenters. The lowest BCUT2D eigenvalue weighted by Crippen LogP contribution is -1.93. The molecule has 1 aromatic carbocycles. The van der Waals surface area contributed by atoms with Crippen molar-refractivity contribution in [2.45, 2.75) is 27.7 Å². The molecule has 1 rings (SSSR count). The summed E-state index contributed by atoms with van der Waals surface area (Å²) in [6.07, 6.45) is 0. The number of hydrogen-bond donors (Lipinski definition) is 2. The Balaban J connectivity index is 3.33. The predicted octanol–water partition coefficient (Wildman–Crippen LogP) is 3.08. The van der Waals surface area contributed by atoms with E-state index < -0.39 is 0 Å². The molecule has 0 bridgehead atoms. The molecule has 0 saturated carbocycles. The molecule has 0 heterocycles. The fourth-order valence-corrected chi connectivity index (χ4v) is 1.29. The van der Waals surface area contributed by atoms with Gasteiger partial charge in [-0.05, 0) is 39.8 Å². The van der Waals surface area contributed by atoms with Gasteiger partial charge in [0, 0.05) is 11.4 Å². The van der Waals surface area contributed by atoms with Gasteiger partial charge in [-0.2, -0.15) is 0 Å². The van der Waals surface area contributed by atoms with Gasteiger partial charge in [0.25, 0.3) is 0 Å². The molecule has 1 aromatic rings. The van der Waals surface area contributed by atoms with Gasteiger partial charge in [-0.3, -0.25) is 9.98 Å². The fraction of sp³-hybridized carbons (Fsp3) is 0.333. The lowest BCUT2D eigenvalue weighted by molar-refractivity contribution is 1.43. The van der Waals surface area contributed by atoms with E-state index in [2.05, 4.69) is 9.98 Å². The normalized spacial score (nSPS) is 9.75. The van der Waals surface area contributed by atoms with Gasteiger partial charge >= 0.3 is 0 Å². The summed E-state index contributed by atoms with van der Waals surface area (Å²) >= 11 is 0. The summed E-state index contributed by atoms with van der Waals surface area (Å²) in [7, 11) is 0. The predicted molar refractivity (Wildman–Crippen MR) is 72.2 cm³/mol. The molecule has 0 amide bonds. The van der Waals surface area contributed by atoms with Crippen molar-refractivity contribution in [1.82, 2.24) is 0 Å². The number of anilines is 2. The summed E-state index contributed by atoms with van der Waals surface area (Å²) in [5.74, 6) is 0. The number of nitrogen functional groups attached to an aromatic ring is 2. The molecule has 0 aromatic heterocycles. The van der Waals surface area contributed by atoms with Gasteiger partial charge in [0.05, 0.1) is 22.7 Å². The highest BCUT2D eigenvalue weighted by Crippen LogP contribution is 2.33. The van der Waals surface area contributed by atoms with E-state index in [1.807, 2.05) is 33.8 Å². The molecule has 4 heteroatoms. The first-order chi connectivity index (χ1) is 7.40. The van der Waals surface area contributed by atoms with Crippen LogP contribution in [0.1, 0.15) is 27.7 Å². The molecular formula is C12H18N4. The highest BCUT2D eigenvalue weighted by atomic mass is 14.8. The van der Waals surface area contributed by atoms with Crippen molar-refractivity contribution < 1.29 is 0 Å². The minimum Gasteiger partial charge on any atom is -0.397 e. The number of rotatable bonds is 2. The van der Waals surface area contributed by atoms with Gasteiger partial charge in [-0.15, -0.1) is 0 Å². The first-order valence-electron chi connectivity index (χ1n) is 5.13. The molecule has 86 valence electrons. The van der Waals surface area contributed by atoms with E-state index in [0.717, 1.165) is 11.4 Å². The zero-order valence-electron chi connectivity index (χ0n) is 10.2. The van der Waals surface area contributed by atoms with E-state index in [1.165, 1.54) is 0 Å². The Bertz CT molecular complexity index is 411. The van der Waals surface area contributed by atoms with E-state index in [0.29, 0.717) is 22.7 Å². The molecule has 0 saturated heterocycles. The maximum absolute atomic E-state index is 5.83. The number of benzene rings is 1. The first-order valence-corrected chi connectivity index (χ1v) is 5.13. The third-order valence-corrected chi connectivity index (χ3v) is 1.86. The van der Waals surface area contributed by atoms with Crippen molar-refractivity contribution >= 4 is 34.2 Å². The fourth-order valence-electron chi connectivity index (χ4n) is 1.29. The molecule has 0 radical (unpaired) electrons. The number of nitrogens with two attached hydrogens (primary N) is 2. The van der Waals surface area contributed by atoms with Gasteiger partial charge in [0.2, 0.25) is 0 Å². The van der Waals surface area contributed by atoms with Crippen molar-refractivity contribution in [3.63, 3.8) is 0 Å². The lowest BCUT2D eigenvalue weighted by Gasteiger charge is -2.06. The van der Waals surface area contributed by atoms with Crippen LogP contribution in [0.4, 0.5) is 22.7 Å². The average Bonchev–Trinajstić information content (AvgIpc) is 2.11. The second-order valence-corrected chi connectivity index (χ2v) is 4.09. The summed E-state index contributed by atoms with van der Waals surface area (Å²) in [6, 6.07) is 3.51. The van der Waals surface area contributed by atoms with Crippen LogP contribution in [0.5, 0.6) is 0 Å². The third-order valence-electron chi connectivity index (χ3n) is 1.86. The smallest absolute Gasteiger partial charge is 0.0881 e. The Morgan fingerprint density at radius 3 is 1.50 bits per heavy atom. The van der Waals surface area contributed by atoms with Gasteiger partial charge < -0.3 is 11.5 Å². The number of nitrogens with zero attached hydrogens (tertiary/aromatic N) is 2. The quantitative estimate of drug-likeness (QED) is 0.591. The SMILES string of the molecule is CC(C)=Nc1cc(N=C(C)C)c(N)cc1N. The van der Waals surface area contributed by atoms with Crippen molar-refractivity contribution in [2.24, 2.45) is 9.98 Å². The van der Waals surface area contributed by atoms with Gasteiger partial charge in [-0.1, -0.05) is 0 Å². The molecule has 4 N–H and O–H groups in total. The van der Waals surface area contributed by atoms with Crippen LogP contribution < -0.4 is 11.5 Å². The van der Waals surface area contributed by atoms with Gasteiger partial charge in [-0.25, -0.2) is 0 Å². The third kappa shape index (κ3) is 3.08. The van der Waals surface area contributed by atoms with Crippen LogP contribution in [0.3, 0.4) is 0 Å². The maximum Gasteiger partial charge on any atom is 0.0881 e. The molecule has 0 fully saturated rings. The summed E-state index contributed by atoms with van der Waals surface area (Å²) in [5.41, 5.74) is 16.1. The molecule has 0 aliphatic rings. The summed E-state index contributed by atoms with van der Waals surface area (Å²) < 4.78 is 0. The van der Waals surface area contributed by atoms with Crippen LogP contribution in [0.2, 0.25) is 0 Å². The Labute approximate surface area is 96.1 Å². The molecule has 0 aliphatic carbocycles. The largest absolute Gasteiger partial charge is 0.397 e. The molecule has 0 aliphatic heterocycles. The van der Waals surface area contributed by atoms with Gasteiger partial charge in [0.15, 0.2) is 0 Å². The molecular weight excluding hydrogens is 200 g/mol. The van der Waals surface area contributed by atoms with Gasteiger partial charge in [0.1, 0.15) is 0 Å². The molecule has 0 spiro atoms. The number of hydrogen-bond acceptors (Lipinski definition) is 4. The van der Waals surface area contributed by atoms with Crippen LogP contribution in [-0.2, 0) is 0 Å². The Morgan fingerprint density at radius 1 is 0.812 bits per heavy atom. The summed E-state index contributed by atoms with van der Waals surface area (Å²) in [6.45, 7) is 7.68. The molecule has 4 nitrogen and oxygen atoms in total. The first kappa shape index (κ1) is 12.2. The van der Waals surface area contributed by atoms with Crippen molar-refractivity contribution in [1.29, 1.82) is 0 Å². The standard InChI is InChI=1S/C12H18N4/c1-7(2)15-11-6-12(16-8(3)4)10(14)5-9(11)13/h5-6H,13-14H2,1-4H3. The van der Waals surface area contributed by atoms with Crippen LogP contribution in [-0.4, -0.2) is 11.4 Å². The van der Waals surface area contributed by atoms with Crippen LogP contribution >= 0.6 is 0 Å². The summed E-state index contributed by atoms with van der Waals surface area (Å²) in [5, 5.41) is 0. The highest BCUT2D eigenvalue weighted by molar-refractivity contribution is 5.89. The van der Waals surface area contributed by atoms with E-state index in [1.54, 1.807) is 6.07 Å². The average molecular weight is 218 g/mol. The second-order valence-electron chi connectivity index (χ2n) is 4.09. The Morgan fingerprint density at radius 2 is 1.19 bits per heavy atom. The molecule has 0 unspecified atom stereocenters. The summed E-state index contributed by atoms with van der Waals surface area (Å²) in [4.78, 5) is 8.67. The monoisotopic (exact) mass is 218 g/mol. The lowest BCUT2D eigenvalue weighted by atomic mass is 10.2. The van der Waals surface area contributed by atoms with Crippen LogP contribution in [0, 0.1) is 0 Å². The van der Waals surface area contributed by atoms with E-state index >= 15 is 0 Å². The van der Waals surface area contributed by atoms with Crippen molar-refractivity contribution in [3.8, 4) is 0 Å². The van der Waals surface area contributed by atoms with Crippen molar-refractivity contribution in [3.05, 3.63) is 12.1 Å². The molecule has 16 heavy (non-hydrogen) atoms. The van der Waals surface area contributed by atoms with Crippen molar-refractivity contribution in [2.75, 3.05) is 11.5 Å². The van der Waals surface area contributed by atoms with E-state index in [4.69, 9.17) is 11.5 Å². The zero-order chi connectivity index (χ0) is 12.3. The Hall–Kier alpha value is -1.84. The second kappa shape index (κ2) is 4.79. The maximum atomic E-state index is 5.83. The van der Waals surface area contributed by atoms with E-state index in [9.17, 15) is 0 Å². The van der Waals surface area contributed by atoms with E-state index in [-0.39, 0.29) is 0 Å².